The van der Waals surface area contributed by atoms with Crippen LogP contribution < -0.4 is 10.9 Å². The average molecular weight is 326 g/mol. The molecule has 0 saturated carbocycles. The second-order valence-electron chi connectivity index (χ2n) is 4.40. The van der Waals surface area contributed by atoms with Gasteiger partial charge in [-0.2, -0.15) is 0 Å². The molecule has 0 aromatic carbocycles. The fraction of sp³-hybridized carbons (Fsp3) is 0.214. The van der Waals surface area contributed by atoms with Crippen molar-refractivity contribution in [3.63, 3.8) is 0 Å². The van der Waals surface area contributed by atoms with E-state index in [1.54, 1.807) is 16.8 Å². The van der Waals surface area contributed by atoms with Crippen molar-refractivity contribution in [3.8, 4) is 0 Å². The average Bonchev–Trinajstić information content (AvgIpc) is 2.41. The first-order valence-corrected chi connectivity index (χ1v) is 7.10. The van der Waals surface area contributed by atoms with E-state index < -0.39 is 0 Å². The van der Waals surface area contributed by atoms with Crippen LogP contribution in [-0.2, 0) is 6.54 Å². The summed E-state index contributed by atoms with van der Waals surface area (Å²) in [6, 6.07) is 5.81. The van der Waals surface area contributed by atoms with Crippen LogP contribution in [0.3, 0.4) is 0 Å². The molecular formula is C14H13Cl2N3O2. The van der Waals surface area contributed by atoms with Gasteiger partial charge >= 0.3 is 0 Å². The number of hydrogen-bond donors (Lipinski definition) is 1. The third kappa shape index (κ3) is 4.06. The first-order chi connectivity index (χ1) is 9.99. The van der Waals surface area contributed by atoms with E-state index in [1.165, 1.54) is 18.2 Å². The molecule has 0 aliphatic rings. The Bertz CT molecular complexity index is 708. The number of halogens is 2. The Labute approximate surface area is 131 Å². The van der Waals surface area contributed by atoms with E-state index in [1.807, 2.05) is 6.92 Å². The molecule has 0 aliphatic carbocycles. The quantitative estimate of drug-likeness (QED) is 0.878. The summed E-state index contributed by atoms with van der Waals surface area (Å²) in [7, 11) is 0. The molecule has 21 heavy (non-hydrogen) atoms. The molecule has 0 bridgehead atoms. The number of anilines is 1. The van der Waals surface area contributed by atoms with Crippen LogP contribution in [0.15, 0.2) is 35.3 Å². The standard InChI is InChI=1S/C14H13Cl2N3O2/c1-2-5-19-8-10(3-4-13(19)20)17-14(21)9-6-11(15)18-12(16)7-9/h3-4,6-8H,2,5H2,1H3,(H,17,21). The van der Waals surface area contributed by atoms with Gasteiger partial charge in [0.25, 0.3) is 11.5 Å². The Morgan fingerprint density at radius 3 is 2.57 bits per heavy atom. The molecule has 110 valence electrons. The number of nitrogens with one attached hydrogen (secondary N) is 1. The van der Waals surface area contributed by atoms with Crippen LogP contribution >= 0.6 is 23.2 Å². The van der Waals surface area contributed by atoms with Crippen molar-refractivity contribution in [1.29, 1.82) is 0 Å². The van der Waals surface area contributed by atoms with Crippen LogP contribution in [-0.4, -0.2) is 15.5 Å². The minimum atomic E-state index is -0.372. The Balaban J connectivity index is 2.23. The van der Waals surface area contributed by atoms with Gasteiger partial charge in [0.05, 0.1) is 5.69 Å². The molecule has 2 heterocycles. The van der Waals surface area contributed by atoms with E-state index in [-0.39, 0.29) is 21.8 Å². The minimum Gasteiger partial charge on any atom is -0.321 e. The molecule has 2 aromatic heterocycles. The molecule has 0 unspecified atom stereocenters. The van der Waals surface area contributed by atoms with Crippen molar-refractivity contribution in [2.75, 3.05) is 5.32 Å². The smallest absolute Gasteiger partial charge is 0.255 e. The highest BCUT2D eigenvalue weighted by molar-refractivity contribution is 6.33. The fourth-order valence-electron chi connectivity index (χ4n) is 1.82. The van der Waals surface area contributed by atoms with E-state index in [0.717, 1.165) is 6.42 Å². The van der Waals surface area contributed by atoms with Gasteiger partial charge in [-0.3, -0.25) is 9.59 Å². The fourth-order valence-corrected chi connectivity index (χ4v) is 2.28. The lowest BCUT2D eigenvalue weighted by atomic mass is 10.2. The summed E-state index contributed by atoms with van der Waals surface area (Å²) in [5.74, 6) is -0.372. The van der Waals surface area contributed by atoms with Crippen molar-refractivity contribution < 1.29 is 4.79 Å². The highest BCUT2D eigenvalue weighted by atomic mass is 35.5. The van der Waals surface area contributed by atoms with E-state index >= 15 is 0 Å². The first-order valence-electron chi connectivity index (χ1n) is 6.34. The molecular weight excluding hydrogens is 313 g/mol. The molecule has 0 aliphatic heterocycles. The van der Waals surface area contributed by atoms with Crippen LogP contribution in [0.2, 0.25) is 10.3 Å². The summed E-state index contributed by atoms with van der Waals surface area (Å²) in [6.07, 6.45) is 2.43. The minimum absolute atomic E-state index is 0.107. The Morgan fingerprint density at radius 2 is 1.95 bits per heavy atom. The predicted octanol–water partition coefficient (Wildman–Crippen LogP) is 3.21. The topological polar surface area (TPSA) is 64.0 Å². The summed E-state index contributed by atoms with van der Waals surface area (Å²) in [5, 5.41) is 2.98. The highest BCUT2D eigenvalue weighted by Crippen LogP contribution is 2.16. The zero-order chi connectivity index (χ0) is 15.4. The molecule has 1 N–H and O–H groups in total. The largest absolute Gasteiger partial charge is 0.321 e. The third-order valence-electron chi connectivity index (χ3n) is 2.73. The normalized spacial score (nSPS) is 10.4. The van der Waals surface area contributed by atoms with Crippen molar-refractivity contribution in [2.45, 2.75) is 19.9 Å². The molecule has 5 nitrogen and oxygen atoms in total. The summed E-state index contributed by atoms with van der Waals surface area (Å²) >= 11 is 11.5. The number of aryl methyl sites for hydroxylation is 1. The molecule has 2 rings (SSSR count). The summed E-state index contributed by atoms with van der Waals surface area (Å²) in [5.41, 5.74) is 0.718. The highest BCUT2D eigenvalue weighted by Gasteiger charge is 2.09. The molecule has 0 saturated heterocycles. The van der Waals surface area contributed by atoms with E-state index in [4.69, 9.17) is 23.2 Å². The lowest BCUT2D eigenvalue weighted by Crippen LogP contribution is -2.20. The van der Waals surface area contributed by atoms with Crippen molar-refractivity contribution in [1.82, 2.24) is 9.55 Å². The number of carbonyl (C=O) groups excluding carboxylic acids is 1. The van der Waals surface area contributed by atoms with Gasteiger partial charge in [-0.1, -0.05) is 30.1 Å². The number of pyridine rings is 2. The molecule has 0 radical (unpaired) electrons. The Kier molecular flexibility index (Phi) is 4.98. The van der Waals surface area contributed by atoms with Crippen LogP contribution in [0.5, 0.6) is 0 Å². The van der Waals surface area contributed by atoms with Gasteiger partial charge in [-0.05, 0) is 24.6 Å². The lowest BCUT2D eigenvalue weighted by molar-refractivity contribution is 0.102. The number of amides is 1. The van der Waals surface area contributed by atoms with Gasteiger partial charge in [-0.15, -0.1) is 0 Å². The maximum absolute atomic E-state index is 12.1. The van der Waals surface area contributed by atoms with Gasteiger partial charge in [0.2, 0.25) is 0 Å². The number of rotatable bonds is 4. The van der Waals surface area contributed by atoms with Gasteiger partial charge in [0.1, 0.15) is 10.3 Å². The van der Waals surface area contributed by atoms with Crippen molar-refractivity contribution in [3.05, 3.63) is 56.7 Å². The Hall–Kier alpha value is -1.85. The monoisotopic (exact) mass is 325 g/mol. The Morgan fingerprint density at radius 1 is 1.29 bits per heavy atom. The van der Waals surface area contributed by atoms with Crippen molar-refractivity contribution >= 4 is 34.8 Å². The number of nitrogens with zero attached hydrogens (tertiary/aromatic N) is 2. The van der Waals surface area contributed by atoms with E-state index in [2.05, 4.69) is 10.3 Å². The van der Waals surface area contributed by atoms with Crippen LogP contribution in [0, 0.1) is 0 Å². The SMILES string of the molecule is CCCn1cc(NC(=O)c2cc(Cl)nc(Cl)c2)ccc1=O. The maximum atomic E-state index is 12.1. The second kappa shape index (κ2) is 6.74. The van der Waals surface area contributed by atoms with Crippen LogP contribution in [0.1, 0.15) is 23.7 Å². The zero-order valence-corrected chi connectivity index (χ0v) is 12.8. The molecule has 0 fully saturated rings. The van der Waals surface area contributed by atoms with Gasteiger partial charge in [0.15, 0.2) is 0 Å². The third-order valence-corrected chi connectivity index (χ3v) is 3.12. The maximum Gasteiger partial charge on any atom is 0.255 e. The van der Waals surface area contributed by atoms with E-state index in [0.29, 0.717) is 17.8 Å². The summed E-state index contributed by atoms with van der Waals surface area (Å²) < 4.78 is 1.54. The zero-order valence-electron chi connectivity index (χ0n) is 11.3. The number of aromatic nitrogens is 2. The summed E-state index contributed by atoms with van der Waals surface area (Å²) in [6.45, 7) is 2.56. The molecule has 0 spiro atoms. The number of carbonyl (C=O) groups is 1. The van der Waals surface area contributed by atoms with Crippen LogP contribution in [0.4, 0.5) is 5.69 Å². The molecule has 7 heteroatoms. The second-order valence-corrected chi connectivity index (χ2v) is 5.18. The predicted molar refractivity (Wildman–Crippen MR) is 83.2 cm³/mol. The van der Waals surface area contributed by atoms with Crippen LogP contribution in [0.25, 0.3) is 0 Å². The molecule has 0 atom stereocenters. The van der Waals surface area contributed by atoms with Gasteiger partial charge < -0.3 is 9.88 Å². The molecule has 2 aromatic rings. The van der Waals surface area contributed by atoms with Gasteiger partial charge in [-0.25, -0.2) is 4.98 Å². The number of hydrogen-bond acceptors (Lipinski definition) is 3. The first kappa shape index (κ1) is 15.5. The summed E-state index contributed by atoms with van der Waals surface area (Å²) in [4.78, 5) is 27.5. The van der Waals surface area contributed by atoms with E-state index in [9.17, 15) is 9.59 Å². The molecule has 1 amide bonds. The van der Waals surface area contributed by atoms with Crippen molar-refractivity contribution in [2.24, 2.45) is 0 Å². The van der Waals surface area contributed by atoms with Gasteiger partial charge in [0, 0.05) is 24.4 Å². The lowest BCUT2D eigenvalue weighted by Gasteiger charge is -2.09.